The first-order valence-corrected chi connectivity index (χ1v) is 43.6. The van der Waals surface area contributed by atoms with Crippen molar-refractivity contribution < 1.29 is 105 Å². The minimum Gasteiger partial charge on any atom is -0.462 e. The van der Waals surface area contributed by atoms with Gasteiger partial charge in [-0.1, -0.05) is 267 Å². The molecule has 22 heteroatoms. The van der Waals surface area contributed by atoms with Gasteiger partial charge in [-0.05, 0) is 261 Å². The highest BCUT2D eigenvalue weighted by Gasteiger charge is 2.16. The van der Waals surface area contributed by atoms with Crippen LogP contribution in [0.4, 0.5) is 0 Å². The van der Waals surface area contributed by atoms with Crippen LogP contribution < -0.4 is 42.6 Å². The van der Waals surface area contributed by atoms with E-state index in [2.05, 4.69) is 91.1 Å². The predicted octanol–water partition coefficient (Wildman–Crippen LogP) is 25.6. The van der Waals surface area contributed by atoms with Crippen LogP contribution in [0.5, 0.6) is 51.7 Å². The number of carbonyl (C=O) groups excluding carboxylic acids is 11. The van der Waals surface area contributed by atoms with Crippen molar-refractivity contribution in [1.82, 2.24) is 0 Å². The molecule has 0 aromatic heterocycles. The average Bonchev–Trinajstić information content (AvgIpc) is 0.869. The van der Waals surface area contributed by atoms with E-state index in [0.29, 0.717) is 103 Å². The monoisotopic (exact) mass is 1890 g/mol. The Labute approximate surface area is 821 Å². The van der Waals surface area contributed by atoms with Crippen LogP contribution in [0.25, 0.3) is 72.8 Å². The van der Waals surface area contributed by atoms with E-state index >= 15 is 0 Å². The Bertz CT molecular complexity index is 6220. The number of carbonyl (C=O) groups is 11. The average molecular weight is 1890 g/mol. The summed E-state index contributed by atoms with van der Waals surface area (Å²) in [5.74, 6) is -0.676. The minimum absolute atomic E-state index is 0.210. The number of benzene rings is 12. The summed E-state index contributed by atoms with van der Waals surface area (Å²) in [6.45, 7) is 55.6. The largest absolute Gasteiger partial charge is 0.462 e. The van der Waals surface area contributed by atoms with Crippen LogP contribution >= 0.6 is 0 Å². The van der Waals surface area contributed by atoms with E-state index in [1.54, 1.807) is 165 Å². The normalized spacial score (nSPS) is 9.90. The second kappa shape index (κ2) is 56.1. The molecule has 0 N–H and O–H groups in total. The molecule has 0 saturated carbocycles. The van der Waals surface area contributed by atoms with Crippen LogP contribution in [0.15, 0.2) is 433 Å². The fourth-order valence-electron chi connectivity index (χ4n) is 11.4. The molecule has 0 fully saturated rings. The van der Waals surface area contributed by atoms with Crippen molar-refractivity contribution in [3.05, 3.63) is 450 Å². The number of rotatable bonds is 33. The van der Waals surface area contributed by atoms with Gasteiger partial charge >= 0.3 is 65.7 Å². The third-order valence-corrected chi connectivity index (χ3v) is 19.2. The van der Waals surface area contributed by atoms with E-state index in [9.17, 15) is 52.7 Å². The van der Waals surface area contributed by atoms with Crippen LogP contribution in [-0.2, 0) is 75.2 Å². The molecule has 12 aromatic carbocycles. The van der Waals surface area contributed by atoms with Crippen molar-refractivity contribution in [2.24, 2.45) is 0 Å². The van der Waals surface area contributed by atoms with Gasteiger partial charge in [-0.3, -0.25) is 0 Å². The summed E-state index contributed by atoms with van der Waals surface area (Å²) in [4.78, 5) is 125. The Kier molecular flexibility index (Phi) is 43.7. The van der Waals surface area contributed by atoms with E-state index in [1.165, 1.54) is 5.56 Å². The zero-order valence-corrected chi connectivity index (χ0v) is 79.8. The molecule has 0 atom stereocenters. The van der Waals surface area contributed by atoms with Crippen molar-refractivity contribution in [1.29, 1.82) is 0 Å². The summed E-state index contributed by atoms with van der Waals surface area (Å²) in [7, 11) is 0. The third kappa shape index (κ3) is 38.2. The second-order valence-corrected chi connectivity index (χ2v) is 31.2. The molecule has 0 aliphatic rings. The van der Waals surface area contributed by atoms with Crippen molar-refractivity contribution in [2.45, 2.75) is 74.8 Å². The van der Waals surface area contributed by atoms with Crippen LogP contribution in [0, 0.1) is 0 Å². The van der Waals surface area contributed by atoms with Crippen LogP contribution in [0.1, 0.15) is 78.5 Å². The van der Waals surface area contributed by atoms with Crippen LogP contribution in [0.3, 0.4) is 0 Å². The molecule has 0 aliphatic carbocycles. The molecule has 0 spiro atoms. The highest BCUT2D eigenvalue weighted by atomic mass is 16.6. The topological polar surface area (TPSA) is 289 Å². The van der Waals surface area contributed by atoms with E-state index < -0.39 is 59.7 Å². The fourth-order valence-corrected chi connectivity index (χ4v) is 11.4. The number of esters is 11. The Morgan fingerprint density at radius 3 is 0.546 bits per heavy atom. The molecule has 0 radical (unpaired) electrons. The van der Waals surface area contributed by atoms with Gasteiger partial charge in [0.15, 0.2) is 0 Å². The summed E-state index contributed by atoms with van der Waals surface area (Å²) in [5.41, 5.74) is 18.0. The number of hydrogen-bond donors (Lipinski definition) is 0. The van der Waals surface area contributed by atoms with Gasteiger partial charge < -0.3 is 52.1 Å². The lowest BCUT2D eigenvalue weighted by molar-refractivity contribution is -0.140. The summed E-state index contributed by atoms with van der Waals surface area (Å²) in [6, 6.07) is 88.4. The SMILES string of the molecule is C=C(C)C(=O)OCCCc1ccc(-c2ccc(OC(=O)C(=C)C)cc2)cc1.C=C(C)C(=O)OCc1ccc(-c2ccc(OC(=O)C(=C)C)cc2)cc1.C=C(C)C(=O)Oc1ccc(-c2ccc(OC(=O)C(=C)C)cc2)cc1.C=C(C)C(=O)Oc1ccc(-c2ccc(OC(=O)C(=C)C)cc2)cc1.C=CC(=O)Oc1ccc(-c2ccc(C=C)cc2)cc1.C=CC(=O)Oc1ccc(-c2ccc(OC(=O)C=C)cc2)cc1. The maximum absolute atomic E-state index is 11.5. The van der Waals surface area contributed by atoms with Crippen molar-refractivity contribution in [3.63, 3.8) is 0 Å². The zero-order chi connectivity index (χ0) is 103. The first-order chi connectivity index (χ1) is 67.3. The molecule has 12 rings (SSSR count). The van der Waals surface area contributed by atoms with E-state index in [1.807, 2.05) is 176 Å². The minimum atomic E-state index is -0.499. The maximum Gasteiger partial charge on any atom is 0.338 e. The lowest BCUT2D eigenvalue weighted by atomic mass is 10.0. The van der Waals surface area contributed by atoms with Gasteiger partial charge in [0.2, 0.25) is 0 Å². The molecule has 22 nitrogen and oxygen atoms in total. The van der Waals surface area contributed by atoms with E-state index in [4.69, 9.17) is 52.1 Å². The van der Waals surface area contributed by atoms with Crippen molar-refractivity contribution in [3.8, 4) is 119 Å². The van der Waals surface area contributed by atoms with Gasteiger partial charge in [0, 0.05) is 62.8 Å². The fraction of sp³-hybridized carbons (Fsp3) is 0.101. The van der Waals surface area contributed by atoms with Gasteiger partial charge in [-0.15, -0.1) is 0 Å². The van der Waals surface area contributed by atoms with Crippen LogP contribution in [0.2, 0.25) is 0 Å². The molecule has 0 amide bonds. The Morgan fingerprint density at radius 2 is 0.369 bits per heavy atom. The Hall–Kier alpha value is -18.3. The molecule has 0 heterocycles. The van der Waals surface area contributed by atoms with Gasteiger partial charge in [-0.2, -0.15) is 0 Å². The molecular formula is C119H108O22. The summed E-state index contributed by atoms with van der Waals surface area (Å²) in [5, 5.41) is 0. The Balaban J connectivity index is 0.000000230. The lowest BCUT2D eigenvalue weighted by Crippen LogP contribution is -2.08. The molecule has 0 unspecified atom stereocenters. The highest BCUT2D eigenvalue weighted by molar-refractivity contribution is 5.93. The molecule has 0 aliphatic heterocycles. The highest BCUT2D eigenvalue weighted by Crippen LogP contribution is 2.32. The van der Waals surface area contributed by atoms with E-state index in [-0.39, 0.29) is 12.6 Å². The summed E-state index contributed by atoms with van der Waals surface area (Å²) in [6.07, 6.45) is 6.76. The standard InChI is InChI=1S/C23H24O4.C21H20O4.2C20H18O4.C18H14O4.C17H14O2/c1-16(2)22(24)26-15-5-6-18-7-9-19(10-8-18)20-11-13-21(14-12-20)27-23(25)17(3)4;1-14(2)20(22)24-13-16-5-7-17(8-6-16)18-9-11-19(12-10-18)25-21(23)15(3)4;2*1-13(2)19(21)23-17-9-5-15(6-10-17)16-7-11-18(12-8-16)24-20(22)14(3)4;1-3-17(19)21-15-9-5-13(6-10-15)14-7-11-16(12-8-14)22-18(20)4-2;1-3-13-5-7-14(8-6-13)15-9-11-16(12-10-15)19-17(18)4-2/h7-14H,1,3,5-6,15H2,2,4H3;5-12H,1,3,13H2,2,4H3;2*5-12H,1,3H2,2,4H3;3-12H,1-2H2;3-12H,1-2H2. The first-order valence-electron chi connectivity index (χ1n) is 43.6. The smallest absolute Gasteiger partial charge is 0.338 e. The van der Waals surface area contributed by atoms with Crippen LogP contribution in [-0.4, -0.2) is 72.3 Å². The van der Waals surface area contributed by atoms with Crippen molar-refractivity contribution >= 4 is 71.7 Å². The Morgan fingerprint density at radius 1 is 0.206 bits per heavy atom. The van der Waals surface area contributed by atoms with Gasteiger partial charge in [0.25, 0.3) is 0 Å². The molecule has 716 valence electrons. The predicted molar refractivity (Wildman–Crippen MR) is 550 cm³/mol. The van der Waals surface area contributed by atoms with Gasteiger partial charge in [-0.25, -0.2) is 52.7 Å². The maximum atomic E-state index is 11.5. The first kappa shape index (κ1) is 110. The number of aryl methyl sites for hydroxylation is 1. The van der Waals surface area contributed by atoms with Crippen molar-refractivity contribution in [2.75, 3.05) is 6.61 Å². The molecule has 12 aromatic rings. The molecular weight excluding hydrogens is 1780 g/mol. The zero-order valence-electron chi connectivity index (χ0n) is 79.8. The number of hydrogen-bond acceptors (Lipinski definition) is 22. The summed E-state index contributed by atoms with van der Waals surface area (Å²) >= 11 is 0. The van der Waals surface area contributed by atoms with Gasteiger partial charge in [0.05, 0.1) is 6.61 Å². The third-order valence-electron chi connectivity index (χ3n) is 19.2. The number of ether oxygens (including phenoxy) is 11. The van der Waals surface area contributed by atoms with Gasteiger partial charge in [0.1, 0.15) is 58.4 Å². The quantitative estimate of drug-likeness (QED) is 0.0160. The van der Waals surface area contributed by atoms with E-state index in [0.717, 1.165) is 109 Å². The second-order valence-electron chi connectivity index (χ2n) is 31.2. The lowest BCUT2D eigenvalue weighted by Gasteiger charge is -2.07. The molecule has 0 saturated heterocycles. The molecule has 0 bridgehead atoms. The summed E-state index contributed by atoms with van der Waals surface area (Å²) < 4.78 is 56.2. The molecule has 141 heavy (non-hydrogen) atoms.